The monoisotopic (exact) mass is 369 g/mol. The SMILES string of the molecule is Cc1ccc(S(=O)(=O)N2Cc3ccccc3C2CC2CCCCC2)cc1. The Morgan fingerprint density at radius 3 is 2.38 bits per heavy atom. The van der Waals surface area contributed by atoms with Crippen molar-refractivity contribution < 1.29 is 8.42 Å². The summed E-state index contributed by atoms with van der Waals surface area (Å²) in [6, 6.07) is 15.5. The van der Waals surface area contributed by atoms with E-state index in [1.165, 1.54) is 37.7 Å². The molecule has 1 heterocycles. The van der Waals surface area contributed by atoms with E-state index in [9.17, 15) is 8.42 Å². The second kappa shape index (κ2) is 7.16. The van der Waals surface area contributed by atoms with Crippen molar-refractivity contribution in [2.24, 2.45) is 5.92 Å². The summed E-state index contributed by atoms with van der Waals surface area (Å²) in [6.07, 6.45) is 7.30. The molecule has 4 heteroatoms. The normalized spacial score (nSPS) is 21.7. The fourth-order valence-corrected chi connectivity index (χ4v) is 6.11. The smallest absolute Gasteiger partial charge is 0.207 e. The first-order valence-electron chi connectivity index (χ1n) is 9.72. The Bertz CT molecular complexity index is 867. The van der Waals surface area contributed by atoms with Crippen LogP contribution in [0.15, 0.2) is 53.4 Å². The molecule has 3 nitrogen and oxygen atoms in total. The van der Waals surface area contributed by atoms with E-state index in [4.69, 9.17) is 0 Å². The van der Waals surface area contributed by atoms with Gasteiger partial charge in [-0.15, -0.1) is 0 Å². The number of nitrogens with zero attached hydrogens (tertiary/aromatic N) is 1. The molecule has 2 aromatic carbocycles. The van der Waals surface area contributed by atoms with Crippen LogP contribution in [-0.2, 0) is 16.6 Å². The van der Waals surface area contributed by atoms with E-state index in [0.717, 1.165) is 17.5 Å². The lowest BCUT2D eigenvalue weighted by molar-refractivity contribution is 0.251. The Balaban J connectivity index is 1.68. The molecule has 138 valence electrons. The third-order valence-corrected chi connectivity index (χ3v) is 7.87. The second-order valence-corrected chi connectivity index (χ2v) is 9.71. The highest BCUT2D eigenvalue weighted by atomic mass is 32.2. The minimum absolute atomic E-state index is 0.0272. The van der Waals surface area contributed by atoms with Gasteiger partial charge in [0.2, 0.25) is 10.0 Å². The average Bonchev–Trinajstić information content (AvgIpc) is 3.02. The Morgan fingerprint density at radius 1 is 0.962 bits per heavy atom. The number of rotatable bonds is 4. The first-order valence-corrected chi connectivity index (χ1v) is 11.2. The predicted molar refractivity (Wildman–Crippen MR) is 104 cm³/mol. The fourth-order valence-electron chi connectivity index (χ4n) is 4.52. The zero-order valence-corrected chi connectivity index (χ0v) is 16.2. The van der Waals surface area contributed by atoms with Crippen LogP contribution >= 0.6 is 0 Å². The van der Waals surface area contributed by atoms with Gasteiger partial charge in [0.1, 0.15) is 0 Å². The summed E-state index contributed by atoms with van der Waals surface area (Å²) in [5.74, 6) is 0.635. The fraction of sp³-hybridized carbons (Fsp3) is 0.455. The van der Waals surface area contributed by atoms with Crippen molar-refractivity contribution >= 4 is 10.0 Å². The standard InChI is InChI=1S/C22H27NO2S/c1-17-11-13-20(14-12-17)26(24,25)23-16-19-9-5-6-10-21(19)22(23)15-18-7-3-2-4-8-18/h5-6,9-14,18,22H,2-4,7-8,15-16H2,1H3. The molecule has 1 atom stereocenters. The van der Waals surface area contributed by atoms with Crippen LogP contribution in [0, 0.1) is 12.8 Å². The molecule has 1 unspecified atom stereocenters. The summed E-state index contributed by atoms with van der Waals surface area (Å²) in [7, 11) is -3.49. The van der Waals surface area contributed by atoms with Crippen molar-refractivity contribution in [1.82, 2.24) is 4.31 Å². The van der Waals surface area contributed by atoms with Gasteiger partial charge in [-0.1, -0.05) is 74.1 Å². The van der Waals surface area contributed by atoms with Gasteiger partial charge in [-0.05, 0) is 42.5 Å². The molecule has 4 rings (SSSR count). The van der Waals surface area contributed by atoms with Gasteiger partial charge in [0.05, 0.1) is 10.9 Å². The van der Waals surface area contributed by atoms with Gasteiger partial charge >= 0.3 is 0 Å². The molecule has 0 radical (unpaired) electrons. The van der Waals surface area contributed by atoms with Crippen LogP contribution in [0.25, 0.3) is 0 Å². The van der Waals surface area contributed by atoms with Crippen molar-refractivity contribution in [2.75, 3.05) is 0 Å². The molecular weight excluding hydrogens is 342 g/mol. The zero-order valence-electron chi connectivity index (χ0n) is 15.4. The van der Waals surface area contributed by atoms with Gasteiger partial charge in [0, 0.05) is 6.54 Å². The summed E-state index contributed by atoms with van der Waals surface area (Å²) in [5.41, 5.74) is 3.44. The number of sulfonamides is 1. The topological polar surface area (TPSA) is 37.4 Å². The maximum Gasteiger partial charge on any atom is 0.243 e. The van der Waals surface area contributed by atoms with Crippen LogP contribution in [0.2, 0.25) is 0 Å². The Labute approximate surface area is 157 Å². The largest absolute Gasteiger partial charge is 0.243 e. The van der Waals surface area contributed by atoms with E-state index in [2.05, 4.69) is 12.1 Å². The summed E-state index contributed by atoms with van der Waals surface area (Å²) >= 11 is 0. The van der Waals surface area contributed by atoms with E-state index < -0.39 is 10.0 Å². The molecule has 0 amide bonds. The average molecular weight is 370 g/mol. The summed E-state index contributed by atoms with van der Waals surface area (Å²) in [4.78, 5) is 0.407. The Hall–Kier alpha value is -1.65. The number of aryl methyl sites for hydroxylation is 1. The molecule has 0 aromatic heterocycles. The zero-order chi connectivity index (χ0) is 18.1. The minimum atomic E-state index is -3.49. The van der Waals surface area contributed by atoms with E-state index >= 15 is 0 Å². The number of hydrogen-bond acceptors (Lipinski definition) is 2. The van der Waals surface area contributed by atoms with E-state index in [1.807, 2.05) is 31.2 Å². The van der Waals surface area contributed by atoms with Gasteiger partial charge in [-0.2, -0.15) is 4.31 Å². The molecule has 0 saturated heterocycles. The van der Waals surface area contributed by atoms with E-state index in [1.54, 1.807) is 16.4 Å². The minimum Gasteiger partial charge on any atom is -0.207 e. The third-order valence-electron chi connectivity index (χ3n) is 6.00. The first-order chi connectivity index (χ1) is 12.6. The van der Waals surface area contributed by atoms with Gasteiger partial charge in [0.15, 0.2) is 0 Å². The van der Waals surface area contributed by atoms with E-state index in [0.29, 0.717) is 17.4 Å². The third kappa shape index (κ3) is 3.33. The van der Waals surface area contributed by atoms with Crippen molar-refractivity contribution in [1.29, 1.82) is 0 Å². The van der Waals surface area contributed by atoms with Crippen LogP contribution in [0.3, 0.4) is 0 Å². The van der Waals surface area contributed by atoms with Crippen molar-refractivity contribution in [2.45, 2.75) is 62.9 Å². The maximum absolute atomic E-state index is 13.4. The van der Waals surface area contributed by atoms with Gasteiger partial charge in [-0.3, -0.25) is 0 Å². The van der Waals surface area contributed by atoms with Crippen LogP contribution in [-0.4, -0.2) is 12.7 Å². The molecule has 1 fully saturated rings. The van der Waals surface area contributed by atoms with Crippen molar-refractivity contribution in [3.05, 3.63) is 65.2 Å². The van der Waals surface area contributed by atoms with Crippen LogP contribution in [0.4, 0.5) is 0 Å². The first kappa shape index (κ1) is 17.7. The number of benzene rings is 2. The molecular formula is C22H27NO2S. The van der Waals surface area contributed by atoms with Crippen LogP contribution in [0.1, 0.15) is 61.3 Å². The molecule has 0 spiro atoms. The highest BCUT2D eigenvalue weighted by Crippen LogP contribution is 2.43. The van der Waals surface area contributed by atoms with Gasteiger partial charge < -0.3 is 0 Å². The molecule has 1 saturated carbocycles. The highest BCUT2D eigenvalue weighted by molar-refractivity contribution is 7.89. The Morgan fingerprint density at radius 2 is 1.65 bits per heavy atom. The molecule has 1 aliphatic carbocycles. The molecule has 2 aromatic rings. The molecule has 0 bridgehead atoms. The van der Waals surface area contributed by atoms with Crippen molar-refractivity contribution in [3.8, 4) is 0 Å². The van der Waals surface area contributed by atoms with Crippen LogP contribution in [0.5, 0.6) is 0 Å². The second-order valence-electron chi connectivity index (χ2n) is 7.82. The van der Waals surface area contributed by atoms with Gasteiger partial charge in [0.25, 0.3) is 0 Å². The van der Waals surface area contributed by atoms with E-state index in [-0.39, 0.29) is 6.04 Å². The molecule has 2 aliphatic rings. The predicted octanol–water partition coefficient (Wildman–Crippen LogP) is 5.21. The summed E-state index contributed by atoms with van der Waals surface area (Å²) < 4.78 is 28.5. The summed E-state index contributed by atoms with van der Waals surface area (Å²) in [6.45, 7) is 2.47. The summed E-state index contributed by atoms with van der Waals surface area (Å²) in [5, 5.41) is 0. The highest BCUT2D eigenvalue weighted by Gasteiger charge is 2.39. The lowest BCUT2D eigenvalue weighted by Crippen LogP contribution is -2.31. The quantitative estimate of drug-likeness (QED) is 0.742. The molecule has 0 N–H and O–H groups in total. The number of fused-ring (bicyclic) bond motifs is 1. The van der Waals surface area contributed by atoms with Crippen LogP contribution < -0.4 is 0 Å². The van der Waals surface area contributed by atoms with Crippen molar-refractivity contribution in [3.63, 3.8) is 0 Å². The Kier molecular flexibility index (Phi) is 4.89. The lowest BCUT2D eigenvalue weighted by Gasteiger charge is -2.30. The molecule has 1 aliphatic heterocycles. The maximum atomic E-state index is 13.4. The van der Waals surface area contributed by atoms with Gasteiger partial charge in [-0.25, -0.2) is 8.42 Å². The number of hydrogen-bond donors (Lipinski definition) is 0. The molecule has 26 heavy (non-hydrogen) atoms. The lowest BCUT2D eigenvalue weighted by atomic mass is 9.83.